The lowest BCUT2D eigenvalue weighted by Crippen LogP contribution is -2.56. The molecule has 0 spiro atoms. The van der Waals surface area contributed by atoms with Crippen LogP contribution in [0.5, 0.6) is 0 Å². The molecule has 3 aliphatic rings. The number of ether oxygens (including phenoxy) is 2. The lowest BCUT2D eigenvalue weighted by Gasteiger charge is -2.41. The van der Waals surface area contributed by atoms with E-state index in [0.717, 1.165) is 29.6 Å². The standard InChI is InChI=1S/C22H32N2O6/c1-3-4-9-30-22(28)24-7-6-23(17(11-24)5-8-25)12-20(27)21-15(2)18-14-29-13-16(18)10-19(21)26/h13,17,21,25H,3-12,14H2,1-2H3. The molecule has 0 radical (unpaired) electrons. The van der Waals surface area contributed by atoms with Gasteiger partial charge in [0.2, 0.25) is 0 Å². The molecular formula is C22H32N2O6. The highest BCUT2D eigenvalue weighted by atomic mass is 16.6. The summed E-state index contributed by atoms with van der Waals surface area (Å²) in [4.78, 5) is 41.6. The van der Waals surface area contributed by atoms with Gasteiger partial charge < -0.3 is 19.5 Å². The van der Waals surface area contributed by atoms with Gasteiger partial charge in [0.1, 0.15) is 6.61 Å². The highest BCUT2D eigenvalue weighted by Crippen LogP contribution is 2.35. The number of carbonyl (C=O) groups excluding carboxylic acids is 3. The van der Waals surface area contributed by atoms with Gasteiger partial charge in [0.15, 0.2) is 11.6 Å². The molecule has 166 valence electrons. The average molecular weight is 421 g/mol. The monoisotopic (exact) mass is 420 g/mol. The molecule has 8 heteroatoms. The van der Waals surface area contributed by atoms with Gasteiger partial charge in [-0.3, -0.25) is 14.5 Å². The molecule has 2 atom stereocenters. The first-order valence-corrected chi connectivity index (χ1v) is 10.8. The number of carbonyl (C=O) groups is 3. The van der Waals surface area contributed by atoms with Crippen LogP contribution in [0, 0.1) is 5.92 Å². The topological polar surface area (TPSA) is 96.4 Å². The van der Waals surface area contributed by atoms with Crippen LogP contribution in [0.1, 0.15) is 39.5 Å². The maximum atomic E-state index is 13.1. The predicted octanol–water partition coefficient (Wildman–Crippen LogP) is 1.68. The lowest BCUT2D eigenvalue weighted by atomic mass is 9.78. The molecule has 0 aromatic heterocycles. The number of amides is 1. The number of rotatable bonds is 8. The summed E-state index contributed by atoms with van der Waals surface area (Å²) in [5, 5.41) is 9.48. The van der Waals surface area contributed by atoms with E-state index < -0.39 is 5.92 Å². The van der Waals surface area contributed by atoms with E-state index in [1.54, 1.807) is 11.2 Å². The summed E-state index contributed by atoms with van der Waals surface area (Å²) in [7, 11) is 0. The maximum absolute atomic E-state index is 13.1. The summed E-state index contributed by atoms with van der Waals surface area (Å²) in [6, 6.07) is -0.150. The first kappa shape index (κ1) is 22.5. The predicted molar refractivity (Wildman–Crippen MR) is 110 cm³/mol. The molecule has 1 amide bonds. The van der Waals surface area contributed by atoms with Crippen molar-refractivity contribution >= 4 is 17.7 Å². The Kier molecular flexibility index (Phi) is 7.66. The molecular weight excluding hydrogens is 388 g/mol. The largest absolute Gasteiger partial charge is 0.496 e. The molecule has 1 aliphatic carbocycles. The van der Waals surface area contributed by atoms with Crippen LogP contribution in [-0.4, -0.2) is 84.6 Å². The Labute approximate surface area is 177 Å². The number of nitrogens with zero attached hydrogens (tertiary/aromatic N) is 2. The van der Waals surface area contributed by atoms with E-state index in [0.29, 0.717) is 39.3 Å². The molecule has 0 aromatic carbocycles. The van der Waals surface area contributed by atoms with Crippen molar-refractivity contribution in [2.24, 2.45) is 5.92 Å². The zero-order valence-electron chi connectivity index (χ0n) is 17.9. The number of allylic oxidation sites excluding steroid dienone is 1. The van der Waals surface area contributed by atoms with Crippen LogP contribution >= 0.6 is 0 Å². The van der Waals surface area contributed by atoms with E-state index in [1.165, 1.54) is 0 Å². The van der Waals surface area contributed by atoms with E-state index in [-0.39, 0.29) is 43.3 Å². The second-order valence-electron chi connectivity index (χ2n) is 8.21. The van der Waals surface area contributed by atoms with Crippen LogP contribution in [0.15, 0.2) is 23.0 Å². The average Bonchev–Trinajstić information content (AvgIpc) is 3.18. The molecule has 2 heterocycles. The Bertz CT molecular complexity index is 744. The zero-order valence-corrected chi connectivity index (χ0v) is 17.9. The quantitative estimate of drug-likeness (QED) is 0.471. The number of fused-ring (bicyclic) bond motifs is 1. The molecule has 2 aliphatic heterocycles. The fourth-order valence-electron chi connectivity index (χ4n) is 4.41. The third kappa shape index (κ3) is 4.92. The maximum Gasteiger partial charge on any atom is 0.409 e. The summed E-state index contributed by atoms with van der Waals surface area (Å²) in [5.74, 6) is -0.946. The molecule has 0 saturated carbocycles. The number of Topliss-reactive ketones (excluding diaryl/α,β-unsaturated/α-hetero) is 2. The van der Waals surface area contributed by atoms with Crippen molar-refractivity contribution in [2.45, 2.75) is 45.6 Å². The van der Waals surface area contributed by atoms with Crippen LogP contribution in [-0.2, 0) is 19.1 Å². The zero-order chi connectivity index (χ0) is 21.7. The van der Waals surface area contributed by atoms with Crippen LogP contribution < -0.4 is 0 Å². The van der Waals surface area contributed by atoms with Crippen LogP contribution in [0.4, 0.5) is 4.79 Å². The molecule has 1 saturated heterocycles. The summed E-state index contributed by atoms with van der Waals surface area (Å²) in [5.41, 5.74) is 2.64. The smallest absolute Gasteiger partial charge is 0.409 e. The van der Waals surface area contributed by atoms with Crippen molar-refractivity contribution in [1.29, 1.82) is 0 Å². The van der Waals surface area contributed by atoms with Crippen LogP contribution in [0.3, 0.4) is 0 Å². The van der Waals surface area contributed by atoms with Gasteiger partial charge in [-0.05, 0) is 30.9 Å². The van der Waals surface area contributed by atoms with Gasteiger partial charge in [0.25, 0.3) is 0 Å². The van der Waals surface area contributed by atoms with Gasteiger partial charge in [-0.15, -0.1) is 0 Å². The Morgan fingerprint density at radius 2 is 2.13 bits per heavy atom. The van der Waals surface area contributed by atoms with Gasteiger partial charge in [0.05, 0.1) is 25.3 Å². The molecule has 1 fully saturated rings. The second-order valence-corrected chi connectivity index (χ2v) is 8.21. The molecule has 30 heavy (non-hydrogen) atoms. The van der Waals surface area contributed by atoms with E-state index >= 15 is 0 Å². The van der Waals surface area contributed by atoms with Crippen LogP contribution in [0.2, 0.25) is 0 Å². The van der Waals surface area contributed by atoms with Crippen molar-refractivity contribution in [3.05, 3.63) is 23.0 Å². The van der Waals surface area contributed by atoms with Crippen molar-refractivity contribution in [3.8, 4) is 0 Å². The van der Waals surface area contributed by atoms with Crippen molar-refractivity contribution in [3.63, 3.8) is 0 Å². The van der Waals surface area contributed by atoms with Gasteiger partial charge >= 0.3 is 6.09 Å². The highest BCUT2D eigenvalue weighted by Gasteiger charge is 2.39. The minimum atomic E-state index is -0.731. The fourth-order valence-corrected chi connectivity index (χ4v) is 4.41. The Balaban J connectivity index is 1.63. The van der Waals surface area contributed by atoms with Crippen molar-refractivity contribution < 1.29 is 29.0 Å². The normalized spacial score (nSPS) is 24.4. The van der Waals surface area contributed by atoms with Gasteiger partial charge in [0, 0.05) is 44.3 Å². The van der Waals surface area contributed by atoms with Crippen molar-refractivity contribution in [1.82, 2.24) is 9.80 Å². The molecule has 0 bridgehead atoms. The Morgan fingerprint density at radius 1 is 1.33 bits per heavy atom. The Morgan fingerprint density at radius 3 is 2.87 bits per heavy atom. The minimum absolute atomic E-state index is 0.0367. The third-order valence-corrected chi connectivity index (χ3v) is 6.17. The Hall–Kier alpha value is -2.19. The number of ketones is 2. The fraction of sp³-hybridized carbons (Fsp3) is 0.682. The summed E-state index contributed by atoms with van der Waals surface area (Å²) >= 11 is 0. The first-order chi connectivity index (χ1) is 14.5. The highest BCUT2D eigenvalue weighted by molar-refractivity contribution is 6.08. The van der Waals surface area contributed by atoms with E-state index in [1.807, 2.05) is 18.7 Å². The summed E-state index contributed by atoms with van der Waals surface area (Å²) < 4.78 is 10.6. The number of aliphatic hydroxyl groups is 1. The van der Waals surface area contributed by atoms with Gasteiger partial charge in [-0.25, -0.2) is 4.79 Å². The first-order valence-electron chi connectivity index (χ1n) is 10.8. The number of hydrogen-bond donors (Lipinski definition) is 1. The summed E-state index contributed by atoms with van der Waals surface area (Å²) in [6.07, 6.45) is 3.74. The van der Waals surface area contributed by atoms with Gasteiger partial charge in [-0.2, -0.15) is 0 Å². The number of hydrogen-bond acceptors (Lipinski definition) is 7. The third-order valence-electron chi connectivity index (χ3n) is 6.17. The SMILES string of the molecule is CCCCOC(=O)N1CCN(CC(=O)C2C(=O)CC3=COCC3=C2C)C(CCO)C1. The molecule has 1 N–H and O–H groups in total. The number of unbranched alkanes of at least 4 members (excludes halogenated alkanes) is 1. The van der Waals surface area contributed by atoms with E-state index in [2.05, 4.69) is 0 Å². The minimum Gasteiger partial charge on any atom is -0.496 e. The lowest BCUT2D eigenvalue weighted by molar-refractivity contribution is -0.132. The van der Waals surface area contributed by atoms with Gasteiger partial charge in [-0.1, -0.05) is 13.3 Å². The summed E-state index contributed by atoms with van der Waals surface area (Å²) in [6.45, 7) is 6.15. The second kappa shape index (κ2) is 10.2. The molecule has 3 rings (SSSR count). The van der Waals surface area contributed by atoms with E-state index in [4.69, 9.17) is 9.47 Å². The number of piperazine rings is 1. The van der Waals surface area contributed by atoms with Crippen molar-refractivity contribution in [2.75, 3.05) is 46.0 Å². The van der Waals surface area contributed by atoms with Crippen LogP contribution in [0.25, 0.3) is 0 Å². The number of aliphatic hydroxyl groups excluding tert-OH is 1. The van der Waals surface area contributed by atoms with E-state index in [9.17, 15) is 19.5 Å². The molecule has 8 nitrogen and oxygen atoms in total. The molecule has 2 unspecified atom stereocenters. The molecule has 0 aromatic rings.